The van der Waals surface area contributed by atoms with Gasteiger partial charge in [0.2, 0.25) is 0 Å². The van der Waals surface area contributed by atoms with Crippen LogP contribution in [0, 0.1) is 12.7 Å². The first-order valence-corrected chi connectivity index (χ1v) is 7.33. The highest BCUT2D eigenvalue weighted by Crippen LogP contribution is 2.20. The molecule has 5 heteroatoms. The molecule has 0 aliphatic heterocycles. The molecule has 1 unspecified atom stereocenters. The lowest BCUT2D eigenvalue weighted by Gasteiger charge is -2.12. The fourth-order valence-corrected chi connectivity index (χ4v) is 2.72. The Bertz CT molecular complexity index is 542. The minimum absolute atomic E-state index is 0.158. The molecule has 0 fully saturated rings. The van der Waals surface area contributed by atoms with Crippen LogP contribution in [0.25, 0.3) is 0 Å². The van der Waals surface area contributed by atoms with Gasteiger partial charge < -0.3 is 5.32 Å². The molecule has 1 aromatic heterocycles. The van der Waals surface area contributed by atoms with E-state index in [9.17, 15) is 4.39 Å². The van der Waals surface area contributed by atoms with Crippen molar-refractivity contribution in [1.29, 1.82) is 0 Å². The average molecular weight is 329 g/mol. The maximum absolute atomic E-state index is 13.1. The second-order valence-corrected chi connectivity index (χ2v) is 6.05. The molecule has 1 aromatic carbocycles. The van der Waals surface area contributed by atoms with Crippen LogP contribution in [0.15, 0.2) is 28.1 Å². The van der Waals surface area contributed by atoms with E-state index in [4.69, 9.17) is 0 Å². The number of nitrogens with zero attached hydrogens (tertiary/aromatic N) is 1. The lowest BCUT2D eigenvalue weighted by molar-refractivity contribution is 0.558. The van der Waals surface area contributed by atoms with Gasteiger partial charge in [-0.3, -0.25) is 0 Å². The van der Waals surface area contributed by atoms with Crippen molar-refractivity contribution in [3.05, 3.63) is 50.1 Å². The van der Waals surface area contributed by atoms with E-state index in [1.165, 1.54) is 12.1 Å². The van der Waals surface area contributed by atoms with Crippen LogP contribution in [-0.4, -0.2) is 4.98 Å². The molecule has 0 amide bonds. The molecule has 2 aromatic rings. The van der Waals surface area contributed by atoms with Gasteiger partial charge in [0, 0.05) is 22.4 Å². The molecule has 0 bridgehead atoms. The fraction of sp³-hybridized carbons (Fsp3) is 0.308. The molecule has 1 atom stereocenters. The monoisotopic (exact) mass is 328 g/mol. The molecule has 2 rings (SSSR count). The number of hydrogen-bond acceptors (Lipinski definition) is 3. The number of nitrogens with one attached hydrogen (secondary N) is 1. The van der Waals surface area contributed by atoms with E-state index in [-0.39, 0.29) is 11.9 Å². The van der Waals surface area contributed by atoms with Crippen molar-refractivity contribution in [2.75, 3.05) is 0 Å². The summed E-state index contributed by atoms with van der Waals surface area (Å²) in [7, 11) is 0. The van der Waals surface area contributed by atoms with Crippen molar-refractivity contribution in [1.82, 2.24) is 10.3 Å². The predicted molar refractivity (Wildman–Crippen MR) is 76.2 cm³/mol. The molecule has 96 valence electrons. The van der Waals surface area contributed by atoms with Gasteiger partial charge in [-0.25, -0.2) is 9.37 Å². The molecule has 18 heavy (non-hydrogen) atoms. The summed E-state index contributed by atoms with van der Waals surface area (Å²) in [6, 6.07) is 4.87. The van der Waals surface area contributed by atoms with Gasteiger partial charge in [0.15, 0.2) is 0 Å². The predicted octanol–water partition coefficient (Wildman–Crippen LogP) is 4.20. The zero-order chi connectivity index (χ0) is 13.1. The van der Waals surface area contributed by atoms with Gasteiger partial charge >= 0.3 is 0 Å². The third kappa shape index (κ3) is 3.37. The van der Waals surface area contributed by atoms with Crippen molar-refractivity contribution < 1.29 is 4.39 Å². The third-order valence-corrected chi connectivity index (χ3v) is 4.25. The summed E-state index contributed by atoms with van der Waals surface area (Å²) in [5.41, 5.74) is 1.94. The Labute approximate surface area is 118 Å². The Balaban J connectivity index is 2.01. The normalized spacial score (nSPS) is 12.7. The molecule has 2 nitrogen and oxygen atoms in total. The number of benzene rings is 1. The van der Waals surface area contributed by atoms with Gasteiger partial charge in [0.05, 0.1) is 10.7 Å². The van der Waals surface area contributed by atoms with Crippen LogP contribution in [0.4, 0.5) is 4.39 Å². The van der Waals surface area contributed by atoms with Gasteiger partial charge in [-0.15, -0.1) is 11.3 Å². The van der Waals surface area contributed by atoms with Gasteiger partial charge in [0.25, 0.3) is 0 Å². The van der Waals surface area contributed by atoms with E-state index in [1.54, 1.807) is 17.4 Å². The molecular formula is C13H14BrFN2S. The van der Waals surface area contributed by atoms with E-state index in [1.807, 2.05) is 12.3 Å². The van der Waals surface area contributed by atoms with E-state index >= 15 is 0 Å². The SMILES string of the molecule is Cc1nc(C(C)NCc2cc(F)ccc2Br)cs1. The first-order valence-electron chi connectivity index (χ1n) is 5.65. The Morgan fingerprint density at radius 2 is 2.28 bits per heavy atom. The maximum atomic E-state index is 13.1. The minimum atomic E-state index is -0.216. The van der Waals surface area contributed by atoms with Crippen molar-refractivity contribution >= 4 is 27.3 Å². The summed E-state index contributed by atoms with van der Waals surface area (Å²) < 4.78 is 14.1. The lowest BCUT2D eigenvalue weighted by Crippen LogP contribution is -2.18. The minimum Gasteiger partial charge on any atom is -0.305 e. The van der Waals surface area contributed by atoms with E-state index in [0.717, 1.165) is 20.7 Å². The molecule has 0 aliphatic rings. The highest BCUT2D eigenvalue weighted by Gasteiger charge is 2.09. The van der Waals surface area contributed by atoms with Crippen LogP contribution in [0.2, 0.25) is 0 Å². The second-order valence-electron chi connectivity index (χ2n) is 4.13. The smallest absolute Gasteiger partial charge is 0.123 e. The molecule has 1 N–H and O–H groups in total. The van der Waals surface area contributed by atoms with Crippen molar-refractivity contribution in [3.8, 4) is 0 Å². The molecule has 0 spiro atoms. The van der Waals surface area contributed by atoms with E-state index in [2.05, 4.69) is 33.2 Å². The topological polar surface area (TPSA) is 24.9 Å². The number of hydrogen-bond donors (Lipinski definition) is 1. The van der Waals surface area contributed by atoms with Crippen LogP contribution in [0.5, 0.6) is 0 Å². The number of thiazole rings is 1. The van der Waals surface area contributed by atoms with Gasteiger partial charge in [-0.05, 0) is 37.6 Å². The highest BCUT2D eigenvalue weighted by molar-refractivity contribution is 9.10. The molecule has 1 heterocycles. The van der Waals surface area contributed by atoms with Gasteiger partial charge in [0.1, 0.15) is 5.82 Å². The summed E-state index contributed by atoms with van der Waals surface area (Å²) in [5.74, 6) is -0.216. The van der Waals surface area contributed by atoms with Crippen molar-refractivity contribution in [2.24, 2.45) is 0 Å². The first-order chi connectivity index (χ1) is 8.56. The maximum Gasteiger partial charge on any atom is 0.123 e. The summed E-state index contributed by atoms with van der Waals surface area (Å²) in [6.45, 7) is 4.65. The third-order valence-electron chi connectivity index (χ3n) is 2.69. The highest BCUT2D eigenvalue weighted by atomic mass is 79.9. The summed E-state index contributed by atoms with van der Waals surface area (Å²) >= 11 is 5.06. The first kappa shape index (κ1) is 13.6. The molecule has 0 radical (unpaired) electrons. The summed E-state index contributed by atoms with van der Waals surface area (Å²) in [5, 5.41) is 6.45. The Morgan fingerprint density at radius 1 is 1.50 bits per heavy atom. The molecular weight excluding hydrogens is 315 g/mol. The van der Waals surface area contributed by atoms with Crippen LogP contribution in [0.3, 0.4) is 0 Å². The Kier molecular flexibility index (Phi) is 4.48. The standard InChI is InChI=1S/C13H14BrFN2S/c1-8(13-7-18-9(2)17-13)16-6-10-5-11(15)3-4-12(10)14/h3-5,7-8,16H,6H2,1-2H3. The number of rotatable bonds is 4. The van der Waals surface area contributed by atoms with Crippen LogP contribution >= 0.6 is 27.3 Å². The number of aryl methyl sites for hydroxylation is 1. The Hall–Kier alpha value is -0.780. The summed E-state index contributed by atoms with van der Waals surface area (Å²) in [4.78, 5) is 4.43. The fourth-order valence-electron chi connectivity index (χ4n) is 1.63. The second kappa shape index (κ2) is 5.91. The lowest BCUT2D eigenvalue weighted by atomic mass is 10.2. The number of aromatic nitrogens is 1. The molecule has 0 saturated carbocycles. The number of halogens is 2. The zero-order valence-electron chi connectivity index (χ0n) is 10.2. The van der Waals surface area contributed by atoms with Crippen LogP contribution in [0.1, 0.15) is 29.2 Å². The Morgan fingerprint density at radius 3 is 2.94 bits per heavy atom. The largest absolute Gasteiger partial charge is 0.305 e. The molecule has 0 aliphatic carbocycles. The van der Waals surface area contributed by atoms with Crippen molar-refractivity contribution in [3.63, 3.8) is 0 Å². The van der Waals surface area contributed by atoms with Gasteiger partial charge in [-0.2, -0.15) is 0 Å². The zero-order valence-corrected chi connectivity index (χ0v) is 12.6. The van der Waals surface area contributed by atoms with E-state index < -0.39 is 0 Å². The van der Waals surface area contributed by atoms with Gasteiger partial charge in [-0.1, -0.05) is 15.9 Å². The van der Waals surface area contributed by atoms with Crippen LogP contribution < -0.4 is 5.32 Å². The van der Waals surface area contributed by atoms with E-state index in [0.29, 0.717) is 6.54 Å². The molecule has 0 saturated heterocycles. The van der Waals surface area contributed by atoms with Crippen molar-refractivity contribution in [2.45, 2.75) is 26.4 Å². The quantitative estimate of drug-likeness (QED) is 0.909. The average Bonchev–Trinajstić information content (AvgIpc) is 2.77. The summed E-state index contributed by atoms with van der Waals surface area (Å²) in [6.07, 6.45) is 0. The van der Waals surface area contributed by atoms with Crippen LogP contribution in [-0.2, 0) is 6.54 Å².